The third-order valence-electron chi connectivity index (χ3n) is 3.85. The van der Waals surface area contributed by atoms with E-state index in [0.717, 1.165) is 0 Å². The number of benzene rings is 2. The Bertz CT molecular complexity index is 909. The number of Topliss-reactive ketones (excluding diaryl/α,β-unsaturated/α-hetero) is 1. The number of methoxy groups -OCH3 is 1. The Hall–Kier alpha value is -3.21. The molecule has 0 aromatic heterocycles. The molecular weight excluding hydrogens is 306 g/mol. The van der Waals surface area contributed by atoms with Gasteiger partial charge in [0.1, 0.15) is 5.76 Å². The highest BCUT2D eigenvalue weighted by molar-refractivity contribution is 6.35. The summed E-state index contributed by atoms with van der Waals surface area (Å²) in [6.07, 6.45) is 0. The lowest BCUT2D eigenvalue weighted by Gasteiger charge is -2.06. The first kappa shape index (κ1) is 15.7. The number of para-hydroxylation sites is 1. The molecule has 0 unspecified atom stereocenters. The van der Waals surface area contributed by atoms with E-state index < -0.39 is 5.97 Å². The molecule has 0 saturated carbocycles. The summed E-state index contributed by atoms with van der Waals surface area (Å²) in [6.45, 7) is 1.63. The molecule has 1 aliphatic carbocycles. The predicted octanol–water partition coefficient (Wildman–Crippen LogP) is 3.73. The first-order valence-corrected chi connectivity index (χ1v) is 7.35. The number of hydrogen-bond acceptors (Lipinski definition) is 5. The molecule has 0 spiro atoms. The minimum absolute atomic E-state index is 0.0904. The molecule has 0 bridgehead atoms. The van der Waals surface area contributed by atoms with Crippen molar-refractivity contribution < 1.29 is 19.4 Å². The average Bonchev–Trinajstić information content (AvgIpc) is 2.86. The Balaban J connectivity index is 2.07. The van der Waals surface area contributed by atoms with E-state index in [9.17, 15) is 14.7 Å². The number of carbonyl (C=O) groups is 2. The summed E-state index contributed by atoms with van der Waals surface area (Å²) in [5.74, 6) is -0.881. The summed E-state index contributed by atoms with van der Waals surface area (Å²) in [5.41, 5.74) is 2.10. The fraction of sp³-hybridized carbons (Fsp3) is 0.105. The molecule has 24 heavy (non-hydrogen) atoms. The number of aliphatic hydroxyl groups is 1. The standard InChI is InChI=1S/C19H15NO4/c1-11(20-15-10-6-5-9-14(15)19(23)24-2)16-17(21)12-7-3-4-8-13(12)18(16)22/h3-10,21H,1-2H3. The van der Waals surface area contributed by atoms with Crippen molar-refractivity contribution >= 4 is 28.9 Å². The van der Waals surface area contributed by atoms with Crippen LogP contribution in [-0.2, 0) is 4.74 Å². The Kier molecular flexibility index (Phi) is 4.00. The zero-order valence-electron chi connectivity index (χ0n) is 13.2. The third kappa shape index (κ3) is 2.50. The van der Waals surface area contributed by atoms with Gasteiger partial charge in [0.2, 0.25) is 0 Å². The van der Waals surface area contributed by atoms with E-state index in [1.54, 1.807) is 55.5 Å². The molecular formula is C19H15NO4. The molecule has 0 heterocycles. The zero-order valence-corrected chi connectivity index (χ0v) is 13.2. The largest absolute Gasteiger partial charge is 0.506 e. The van der Waals surface area contributed by atoms with Crippen molar-refractivity contribution in [3.05, 3.63) is 70.8 Å². The predicted molar refractivity (Wildman–Crippen MR) is 90.9 cm³/mol. The SMILES string of the molecule is COC(=O)c1ccccc1N=C(C)C1=C(O)c2ccccc2C1=O. The van der Waals surface area contributed by atoms with Gasteiger partial charge in [-0.3, -0.25) is 9.79 Å². The summed E-state index contributed by atoms with van der Waals surface area (Å²) in [4.78, 5) is 28.7. The number of carbonyl (C=O) groups excluding carboxylic acids is 2. The van der Waals surface area contributed by atoms with Crippen molar-refractivity contribution in [2.24, 2.45) is 4.99 Å². The number of aliphatic imine (C=N–C) groups is 1. The van der Waals surface area contributed by atoms with Gasteiger partial charge in [0, 0.05) is 11.1 Å². The molecule has 5 heteroatoms. The van der Waals surface area contributed by atoms with Crippen molar-refractivity contribution in [1.29, 1.82) is 0 Å². The first-order chi connectivity index (χ1) is 11.5. The number of allylic oxidation sites excluding steroid dienone is 1. The molecule has 2 aromatic rings. The van der Waals surface area contributed by atoms with Crippen molar-refractivity contribution in [3.8, 4) is 0 Å². The van der Waals surface area contributed by atoms with Crippen LogP contribution in [0.2, 0.25) is 0 Å². The van der Waals surface area contributed by atoms with E-state index in [1.165, 1.54) is 7.11 Å². The maximum atomic E-state index is 12.5. The van der Waals surface area contributed by atoms with Gasteiger partial charge in [0.15, 0.2) is 5.78 Å². The summed E-state index contributed by atoms with van der Waals surface area (Å²) >= 11 is 0. The monoisotopic (exact) mass is 321 g/mol. The smallest absolute Gasteiger partial charge is 0.340 e. The van der Waals surface area contributed by atoms with Crippen LogP contribution in [0, 0.1) is 0 Å². The molecule has 5 nitrogen and oxygen atoms in total. The quantitative estimate of drug-likeness (QED) is 0.690. The Morgan fingerprint density at radius 2 is 1.67 bits per heavy atom. The van der Waals surface area contributed by atoms with Gasteiger partial charge in [-0.05, 0) is 19.1 Å². The number of ketones is 1. The molecule has 3 rings (SSSR count). The fourth-order valence-electron chi connectivity index (χ4n) is 2.69. The van der Waals surface area contributed by atoms with Crippen LogP contribution in [0.5, 0.6) is 0 Å². The number of fused-ring (bicyclic) bond motifs is 1. The summed E-state index contributed by atoms with van der Waals surface area (Å²) in [7, 11) is 1.29. The number of rotatable bonds is 3. The van der Waals surface area contributed by atoms with Crippen molar-refractivity contribution in [1.82, 2.24) is 0 Å². The number of esters is 1. The maximum Gasteiger partial charge on any atom is 0.340 e. The molecule has 0 saturated heterocycles. The number of ether oxygens (including phenoxy) is 1. The van der Waals surface area contributed by atoms with E-state index in [4.69, 9.17) is 4.74 Å². The lowest BCUT2D eigenvalue weighted by Crippen LogP contribution is -2.08. The van der Waals surface area contributed by atoms with E-state index in [-0.39, 0.29) is 17.1 Å². The van der Waals surface area contributed by atoms with Gasteiger partial charge in [0.25, 0.3) is 0 Å². The lowest BCUT2D eigenvalue weighted by atomic mass is 10.1. The van der Waals surface area contributed by atoms with Crippen molar-refractivity contribution in [3.63, 3.8) is 0 Å². The van der Waals surface area contributed by atoms with Crippen LogP contribution in [0.3, 0.4) is 0 Å². The van der Waals surface area contributed by atoms with Crippen LogP contribution in [0.15, 0.2) is 59.1 Å². The minimum Gasteiger partial charge on any atom is -0.506 e. The van der Waals surface area contributed by atoms with Gasteiger partial charge < -0.3 is 9.84 Å². The van der Waals surface area contributed by atoms with Crippen molar-refractivity contribution in [2.45, 2.75) is 6.92 Å². The average molecular weight is 321 g/mol. The Morgan fingerprint density at radius 1 is 1.04 bits per heavy atom. The summed E-state index contributed by atoms with van der Waals surface area (Å²) in [5, 5.41) is 10.4. The topological polar surface area (TPSA) is 76.0 Å². The Labute approximate surface area is 138 Å². The molecule has 0 atom stereocenters. The molecule has 0 fully saturated rings. The molecule has 0 aliphatic heterocycles. The Morgan fingerprint density at radius 3 is 2.33 bits per heavy atom. The molecule has 1 N–H and O–H groups in total. The van der Waals surface area contributed by atoms with Crippen LogP contribution >= 0.6 is 0 Å². The van der Waals surface area contributed by atoms with Gasteiger partial charge >= 0.3 is 5.97 Å². The molecule has 2 aromatic carbocycles. The second kappa shape index (κ2) is 6.12. The highest BCUT2D eigenvalue weighted by atomic mass is 16.5. The fourth-order valence-corrected chi connectivity index (χ4v) is 2.69. The highest BCUT2D eigenvalue weighted by Gasteiger charge is 2.31. The molecule has 120 valence electrons. The molecule has 0 radical (unpaired) electrons. The zero-order chi connectivity index (χ0) is 17.3. The molecule has 1 aliphatic rings. The highest BCUT2D eigenvalue weighted by Crippen LogP contribution is 2.32. The summed E-state index contributed by atoms with van der Waals surface area (Å²) < 4.78 is 4.74. The van der Waals surface area contributed by atoms with Crippen molar-refractivity contribution in [2.75, 3.05) is 7.11 Å². The van der Waals surface area contributed by atoms with Crippen LogP contribution < -0.4 is 0 Å². The minimum atomic E-state index is -0.513. The van der Waals surface area contributed by atoms with Gasteiger partial charge in [0.05, 0.1) is 29.6 Å². The van der Waals surface area contributed by atoms with Crippen LogP contribution in [0.1, 0.15) is 33.2 Å². The van der Waals surface area contributed by atoms with Gasteiger partial charge in [-0.2, -0.15) is 0 Å². The summed E-state index contributed by atoms with van der Waals surface area (Å²) in [6, 6.07) is 13.5. The maximum absolute atomic E-state index is 12.5. The molecule has 0 amide bonds. The normalized spacial score (nSPS) is 13.9. The first-order valence-electron chi connectivity index (χ1n) is 7.35. The van der Waals surface area contributed by atoms with Gasteiger partial charge in [-0.1, -0.05) is 36.4 Å². The van der Waals surface area contributed by atoms with Gasteiger partial charge in [-0.15, -0.1) is 0 Å². The van der Waals surface area contributed by atoms with Crippen LogP contribution in [0.4, 0.5) is 5.69 Å². The van der Waals surface area contributed by atoms with E-state index >= 15 is 0 Å². The number of aliphatic hydroxyl groups excluding tert-OH is 1. The lowest BCUT2D eigenvalue weighted by molar-refractivity contribution is 0.0601. The van der Waals surface area contributed by atoms with Crippen LogP contribution in [0.25, 0.3) is 5.76 Å². The van der Waals surface area contributed by atoms with E-state index in [0.29, 0.717) is 28.1 Å². The second-order valence-corrected chi connectivity index (χ2v) is 5.30. The van der Waals surface area contributed by atoms with Gasteiger partial charge in [-0.25, -0.2) is 4.79 Å². The third-order valence-corrected chi connectivity index (χ3v) is 3.85. The van der Waals surface area contributed by atoms with Crippen LogP contribution in [-0.4, -0.2) is 29.7 Å². The van der Waals surface area contributed by atoms with E-state index in [1.807, 2.05) is 0 Å². The van der Waals surface area contributed by atoms with E-state index in [2.05, 4.69) is 4.99 Å². The number of nitrogens with zero attached hydrogens (tertiary/aromatic N) is 1. The second-order valence-electron chi connectivity index (χ2n) is 5.30. The number of hydrogen-bond donors (Lipinski definition) is 1.